The van der Waals surface area contributed by atoms with E-state index < -0.39 is 0 Å². The lowest BCUT2D eigenvalue weighted by atomic mass is 10.3. The second-order valence-corrected chi connectivity index (χ2v) is 3.02. The molecule has 0 aliphatic heterocycles. The standard InChI is InChI=1S/C7H8ClNS/c1-6(3-8)2-7-4-10-5-9-7/h2,4-5H,3H2,1H3. The van der Waals surface area contributed by atoms with Gasteiger partial charge in [0.2, 0.25) is 0 Å². The zero-order valence-electron chi connectivity index (χ0n) is 5.67. The number of alkyl halides is 1. The molecule has 1 aromatic rings. The fourth-order valence-corrected chi connectivity index (χ4v) is 1.17. The van der Waals surface area contributed by atoms with Gasteiger partial charge in [-0.25, -0.2) is 4.98 Å². The number of aromatic nitrogens is 1. The quantitative estimate of drug-likeness (QED) is 0.627. The fourth-order valence-electron chi connectivity index (χ4n) is 0.584. The molecular weight excluding hydrogens is 166 g/mol. The molecule has 0 amide bonds. The second-order valence-electron chi connectivity index (χ2n) is 2.04. The van der Waals surface area contributed by atoms with E-state index in [-0.39, 0.29) is 0 Å². The van der Waals surface area contributed by atoms with Crippen molar-refractivity contribution in [2.24, 2.45) is 0 Å². The molecule has 0 saturated heterocycles. The van der Waals surface area contributed by atoms with E-state index >= 15 is 0 Å². The zero-order chi connectivity index (χ0) is 7.40. The predicted molar refractivity (Wildman–Crippen MR) is 46.5 cm³/mol. The number of hydrogen-bond donors (Lipinski definition) is 0. The van der Waals surface area contributed by atoms with Crippen LogP contribution >= 0.6 is 22.9 Å². The van der Waals surface area contributed by atoms with Crippen molar-refractivity contribution >= 4 is 29.0 Å². The van der Waals surface area contributed by atoms with Gasteiger partial charge in [0.1, 0.15) is 0 Å². The summed E-state index contributed by atoms with van der Waals surface area (Å²) in [6, 6.07) is 0. The number of thiazole rings is 1. The van der Waals surface area contributed by atoms with Gasteiger partial charge in [0.15, 0.2) is 0 Å². The molecule has 3 heteroatoms. The third-order valence-corrected chi connectivity index (χ3v) is 2.08. The Morgan fingerprint density at radius 1 is 1.90 bits per heavy atom. The number of nitrogens with zero attached hydrogens (tertiary/aromatic N) is 1. The van der Waals surface area contributed by atoms with Crippen LogP contribution in [0.25, 0.3) is 6.08 Å². The molecule has 10 heavy (non-hydrogen) atoms. The van der Waals surface area contributed by atoms with E-state index in [9.17, 15) is 0 Å². The summed E-state index contributed by atoms with van der Waals surface area (Å²) < 4.78 is 0. The van der Waals surface area contributed by atoms with Gasteiger partial charge in [-0.05, 0) is 13.0 Å². The lowest BCUT2D eigenvalue weighted by Crippen LogP contribution is -1.76. The van der Waals surface area contributed by atoms with Crippen molar-refractivity contribution in [2.45, 2.75) is 6.92 Å². The molecule has 0 saturated carbocycles. The smallest absolute Gasteiger partial charge is 0.0798 e. The van der Waals surface area contributed by atoms with Crippen LogP contribution in [0.2, 0.25) is 0 Å². The first-order valence-corrected chi connectivity index (χ1v) is 4.42. The van der Waals surface area contributed by atoms with Crippen molar-refractivity contribution in [3.8, 4) is 0 Å². The lowest BCUT2D eigenvalue weighted by molar-refractivity contribution is 1.35. The van der Waals surface area contributed by atoms with Crippen molar-refractivity contribution in [1.82, 2.24) is 4.98 Å². The third kappa shape index (κ3) is 2.12. The Balaban J connectivity index is 2.71. The first kappa shape index (κ1) is 7.76. The van der Waals surface area contributed by atoms with Gasteiger partial charge in [-0.15, -0.1) is 22.9 Å². The van der Waals surface area contributed by atoms with Crippen LogP contribution in [0.4, 0.5) is 0 Å². The van der Waals surface area contributed by atoms with Crippen LogP contribution in [-0.2, 0) is 0 Å². The third-order valence-electron chi connectivity index (χ3n) is 1.06. The van der Waals surface area contributed by atoms with Crippen molar-refractivity contribution in [3.63, 3.8) is 0 Å². The van der Waals surface area contributed by atoms with Crippen molar-refractivity contribution in [2.75, 3.05) is 5.88 Å². The van der Waals surface area contributed by atoms with Gasteiger partial charge in [-0.2, -0.15) is 0 Å². The maximum absolute atomic E-state index is 5.58. The minimum atomic E-state index is 0.581. The highest BCUT2D eigenvalue weighted by Gasteiger charge is 1.89. The molecular formula is C7H8ClNS. The average molecular weight is 174 g/mol. The van der Waals surface area contributed by atoms with Gasteiger partial charge in [0, 0.05) is 11.3 Å². The van der Waals surface area contributed by atoms with Gasteiger partial charge in [-0.1, -0.05) is 5.57 Å². The maximum atomic E-state index is 5.58. The molecule has 0 spiro atoms. The van der Waals surface area contributed by atoms with Crippen molar-refractivity contribution < 1.29 is 0 Å². The SMILES string of the molecule is CC(=Cc1cscn1)CCl. The molecule has 54 valence electrons. The van der Waals surface area contributed by atoms with Crippen LogP contribution in [0.1, 0.15) is 12.6 Å². The molecule has 1 aromatic heterocycles. The van der Waals surface area contributed by atoms with Crippen LogP contribution in [-0.4, -0.2) is 10.9 Å². The number of halogens is 1. The molecule has 0 fully saturated rings. The second kappa shape index (κ2) is 3.74. The molecule has 1 nitrogen and oxygen atoms in total. The lowest BCUT2D eigenvalue weighted by Gasteiger charge is -1.88. The van der Waals surface area contributed by atoms with E-state index in [0.29, 0.717) is 5.88 Å². The van der Waals surface area contributed by atoms with Gasteiger partial charge in [-0.3, -0.25) is 0 Å². The summed E-state index contributed by atoms with van der Waals surface area (Å²) in [4.78, 5) is 4.09. The van der Waals surface area contributed by atoms with Crippen molar-refractivity contribution in [3.05, 3.63) is 22.2 Å². The first-order chi connectivity index (χ1) is 4.83. The van der Waals surface area contributed by atoms with Crippen molar-refractivity contribution in [1.29, 1.82) is 0 Å². The fraction of sp³-hybridized carbons (Fsp3) is 0.286. The normalized spacial score (nSPS) is 12.0. The Morgan fingerprint density at radius 3 is 3.20 bits per heavy atom. The summed E-state index contributed by atoms with van der Waals surface area (Å²) in [7, 11) is 0. The maximum Gasteiger partial charge on any atom is 0.0798 e. The highest BCUT2D eigenvalue weighted by molar-refractivity contribution is 7.07. The molecule has 0 aliphatic rings. The summed E-state index contributed by atoms with van der Waals surface area (Å²) in [5, 5.41) is 2.00. The van der Waals surface area contributed by atoms with Gasteiger partial charge in [0.05, 0.1) is 11.2 Å². The number of hydrogen-bond acceptors (Lipinski definition) is 2. The highest BCUT2D eigenvalue weighted by Crippen LogP contribution is 2.07. The number of allylic oxidation sites excluding steroid dienone is 1. The highest BCUT2D eigenvalue weighted by atomic mass is 35.5. The Hall–Kier alpha value is -0.340. The van der Waals surface area contributed by atoms with E-state index in [1.807, 2.05) is 23.9 Å². The minimum Gasteiger partial charge on any atom is -0.245 e. The van der Waals surface area contributed by atoms with Crippen LogP contribution in [0, 0.1) is 0 Å². The Kier molecular flexibility index (Phi) is 2.90. The van der Waals surface area contributed by atoms with Crippen LogP contribution in [0.3, 0.4) is 0 Å². The topological polar surface area (TPSA) is 12.9 Å². The summed E-state index contributed by atoms with van der Waals surface area (Å²) in [6.07, 6.45) is 1.99. The molecule has 0 unspecified atom stereocenters. The summed E-state index contributed by atoms with van der Waals surface area (Å²) in [5.41, 5.74) is 3.96. The van der Waals surface area contributed by atoms with E-state index in [1.165, 1.54) is 0 Å². The Labute approximate surface area is 69.4 Å². The van der Waals surface area contributed by atoms with E-state index in [4.69, 9.17) is 11.6 Å². The molecule has 0 aromatic carbocycles. The molecule has 0 atom stereocenters. The van der Waals surface area contributed by atoms with E-state index in [0.717, 1.165) is 11.3 Å². The van der Waals surface area contributed by atoms with E-state index in [2.05, 4.69) is 4.98 Å². The van der Waals surface area contributed by atoms with E-state index in [1.54, 1.807) is 11.3 Å². The largest absolute Gasteiger partial charge is 0.245 e. The molecule has 0 radical (unpaired) electrons. The Bertz CT molecular complexity index is 216. The summed E-state index contributed by atoms with van der Waals surface area (Å²) in [6.45, 7) is 1.99. The monoisotopic (exact) mass is 173 g/mol. The Morgan fingerprint density at radius 2 is 2.70 bits per heavy atom. The summed E-state index contributed by atoms with van der Waals surface area (Å²) in [5.74, 6) is 0.581. The first-order valence-electron chi connectivity index (χ1n) is 2.94. The molecule has 0 bridgehead atoms. The molecule has 1 rings (SSSR count). The predicted octanol–water partition coefficient (Wildman–Crippen LogP) is 2.79. The summed E-state index contributed by atoms with van der Waals surface area (Å²) >= 11 is 7.17. The molecule has 0 N–H and O–H groups in total. The molecule has 1 heterocycles. The van der Waals surface area contributed by atoms with Crippen LogP contribution < -0.4 is 0 Å². The minimum absolute atomic E-state index is 0.581. The molecule has 0 aliphatic carbocycles. The number of rotatable bonds is 2. The zero-order valence-corrected chi connectivity index (χ0v) is 7.25. The average Bonchev–Trinajstić information content (AvgIpc) is 2.40. The van der Waals surface area contributed by atoms with Gasteiger partial charge < -0.3 is 0 Å². The van der Waals surface area contributed by atoms with Gasteiger partial charge in [0.25, 0.3) is 0 Å². The van der Waals surface area contributed by atoms with Crippen LogP contribution in [0.15, 0.2) is 16.5 Å². The van der Waals surface area contributed by atoms with Gasteiger partial charge >= 0.3 is 0 Å². The van der Waals surface area contributed by atoms with Crippen LogP contribution in [0.5, 0.6) is 0 Å².